The van der Waals surface area contributed by atoms with Gasteiger partial charge in [0, 0.05) is 11.6 Å². The van der Waals surface area contributed by atoms with E-state index < -0.39 is 0 Å². The van der Waals surface area contributed by atoms with Crippen molar-refractivity contribution in [1.29, 1.82) is 0 Å². The summed E-state index contributed by atoms with van der Waals surface area (Å²) in [6.07, 6.45) is 0.338. The topological polar surface area (TPSA) is 69.9 Å². The molecule has 0 bridgehead atoms. The van der Waals surface area contributed by atoms with E-state index in [1.807, 2.05) is 47.0 Å². The average Bonchev–Trinajstić information content (AvgIpc) is 3.02. The van der Waals surface area contributed by atoms with Crippen molar-refractivity contribution in [3.05, 3.63) is 58.4 Å². The fraction of sp³-hybridized carbons (Fsp3) is 0.250. The quantitative estimate of drug-likeness (QED) is 0.547. The standard InChI is InChI=1S/C20H19ClN2O4S/c1-26-19(25)9-11-23-16-8-7-14(21)13-17(16)28-20(23)22-18(24)10-12-27-15-5-3-2-4-6-15/h2-8,13H,9-12H2,1H3. The van der Waals surface area contributed by atoms with Crippen LogP contribution in [0.3, 0.4) is 0 Å². The lowest BCUT2D eigenvalue weighted by molar-refractivity contribution is -0.140. The fourth-order valence-corrected chi connectivity index (χ4v) is 3.94. The Kier molecular flexibility index (Phi) is 6.84. The number of rotatable bonds is 7. The summed E-state index contributed by atoms with van der Waals surface area (Å²) in [6, 6.07) is 14.7. The van der Waals surface area contributed by atoms with Crippen LogP contribution in [0.2, 0.25) is 5.02 Å². The maximum absolute atomic E-state index is 12.3. The Bertz CT molecular complexity index is 1040. The fourth-order valence-electron chi connectivity index (χ4n) is 2.59. The Morgan fingerprint density at radius 2 is 1.93 bits per heavy atom. The Balaban J connectivity index is 1.79. The van der Waals surface area contributed by atoms with Crippen molar-refractivity contribution >= 4 is 45.0 Å². The molecular weight excluding hydrogens is 400 g/mol. The summed E-state index contributed by atoms with van der Waals surface area (Å²) in [5.41, 5.74) is 0.866. The minimum Gasteiger partial charge on any atom is -0.493 e. The van der Waals surface area contributed by atoms with Crippen molar-refractivity contribution < 1.29 is 19.1 Å². The second-order valence-electron chi connectivity index (χ2n) is 5.89. The zero-order chi connectivity index (χ0) is 19.9. The molecule has 0 saturated carbocycles. The van der Waals surface area contributed by atoms with Gasteiger partial charge in [-0.3, -0.25) is 9.59 Å². The number of fused-ring (bicyclic) bond motifs is 1. The van der Waals surface area contributed by atoms with Crippen LogP contribution in [-0.4, -0.2) is 30.2 Å². The molecule has 0 N–H and O–H groups in total. The number of aromatic nitrogens is 1. The number of ether oxygens (including phenoxy) is 2. The molecule has 146 valence electrons. The van der Waals surface area contributed by atoms with E-state index in [9.17, 15) is 9.59 Å². The van der Waals surface area contributed by atoms with Gasteiger partial charge in [0.1, 0.15) is 5.75 Å². The normalized spacial score (nSPS) is 11.6. The Hall–Kier alpha value is -2.64. The molecule has 3 rings (SSSR count). The van der Waals surface area contributed by atoms with Gasteiger partial charge in [-0.25, -0.2) is 0 Å². The number of para-hydroxylation sites is 1. The lowest BCUT2D eigenvalue weighted by atomic mass is 10.3. The summed E-state index contributed by atoms with van der Waals surface area (Å²) >= 11 is 7.43. The van der Waals surface area contributed by atoms with Crippen molar-refractivity contribution in [2.24, 2.45) is 4.99 Å². The zero-order valence-corrected chi connectivity index (χ0v) is 16.8. The summed E-state index contributed by atoms with van der Waals surface area (Å²) in [6.45, 7) is 0.603. The summed E-state index contributed by atoms with van der Waals surface area (Å²) in [5, 5.41) is 0.600. The van der Waals surface area contributed by atoms with Crippen LogP contribution in [0.15, 0.2) is 53.5 Å². The first-order chi connectivity index (χ1) is 13.6. The molecule has 0 aliphatic carbocycles. The molecule has 3 aromatic rings. The van der Waals surface area contributed by atoms with Crippen molar-refractivity contribution in [2.45, 2.75) is 19.4 Å². The van der Waals surface area contributed by atoms with E-state index in [1.54, 1.807) is 6.07 Å². The minimum atomic E-state index is -0.325. The number of thiazole rings is 1. The van der Waals surface area contributed by atoms with E-state index in [0.29, 0.717) is 22.1 Å². The number of benzene rings is 2. The Morgan fingerprint density at radius 1 is 1.14 bits per heavy atom. The monoisotopic (exact) mass is 418 g/mol. The van der Waals surface area contributed by atoms with Gasteiger partial charge in [-0.1, -0.05) is 41.1 Å². The van der Waals surface area contributed by atoms with Gasteiger partial charge < -0.3 is 14.0 Å². The van der Waals surface area contributed by atoms with Crippen molar-refractivity contribution in [3.8, 4) is 5.75 Å². The molecule has 0 fully saturated rings. The molecule has 0 saturated heterocycles. The lowest BCUT2D eigenvalue weighted by Crippen LogP contribution is -2.19. The molecule has 0 aliphatic rings. The number of nitrogens with zero attached hydrogens (tertiary/aromatic N) is 2. The van der Waals surface area contributed by atoms with Crippen LogP contribution in [-0.2, 0) is 20.9 Å². The van der Waals surface area contributed by atoms with Gasteiger partial charge in [0.2, 0.25) is 0 Å². The lowest BCUT2D eigenvalue weighted by Gasteiger charge is -2.05. The van der Waals surface area contributed by atoms with Crippen LogP contribution in [0, 0.1) is 0 Å². The number of aryl methyl sites for hydroxylation is 1. The SMILES string of the molecule is COC(=O)CCn1c(=NC(=O)CCOc2ccccc2)sc2cc(Cl)ccc21. The van der Waals surface area contributed by atoms with Gasteiger partial charge in [0.25, 0.3) is 5.91 Å². The highest BCUT2D eigenvalue weighted by molar-refractivity contribution is 7.16. The van der Waals surface area contributed by atoms with E-state index in [0.717, 1.165) is 10.2 Å². The number of halogens is 1. The third kappa shape index (κ3) is 5.21. The van der Waals surface area contributed by atoms with Gasteiger partial charge in [-0.05, 0) is 30.3 Å². The van der Waals surface area contributed by atoms with Crippen LogP contribution < -0.4 is 9.54 Å². The Morgan fingerprint density at radius 3 is 2.68 bits per heavy atom. The average molecular weight is 419 g/mol. The molecule has 0 radical (unpaired) electrons. The van der Waals surface area contributed by atoms with E-state index in [-0.39, 0.29) is 31.3 Å². The summed E-state index contributed by atoms with van der Waals surface area (Å²) < 4.78 is 13.0. The third-order valence-electron chi connectivity index (χ3n) is 3.96. The van der Waals surface area contributed by atoms with Crippen molar-refractivity contribution in [1.82, 2.24) is 4.57 Å². The number of esters is 1. The van der Waals surface area contributed by atoms with Gasteiger partial charge in [0.05, 0.1) is 36.8 Å². The molecule has 0 spiro atoms. The summed E-state index contributed by atoms with van der Waals surface area (Å²) in [7, 11) is 1.35. The van der Waals surface area contributed by atoms with Crippen LogP contribution in [0.25, 0.3) is 10.2 Å². The molecule has 1 amide bonds. The zero-order valence-electron chi connectivity index (χ0n) is 15.3. The van der Waals surface area contributed by atoms with Crippen LogP contribution >= 0.6 is 22.9 Å². The van der Waals surface area contributed by atoms with E-state index in [2.05, 4.69) is 4.99 Å². The van der Waals surface area contributed by atoms with E-state index in [1.165, 1.54) is 18.4 Å². The Labute approximate surface area is 171 Å². The molecular formula is C20H19ClN2O4S. The molecule has 8 heteroatoms. The molecule has 28 heavy (non-hydrogen) atoms. The number of methoxy groups -OCH3 is 1. The largest absolute Gasteiger partial charge is 0.493 e. The molecule has 1 aromatic heterocycles. The number of carbonyl (C=O) groups is 2. The van der Waals surface area contributed by atoms with Crippen molar-refractivity contribution in [3.63, 3.8) is 0 Å². The highest BCUT2D eigenvalue weighted by Gasteiger charge is 2.11. The van der Waals surface area contributed by atoms with Gasteiger partial charge in [-0.2, -0.15) is 4.99 Å². The highest BCUT2D eigenvalue weighted by atomic mass is 35.5. The van der Waals surface area contributed by atoms with Crippen molar-refractivity contribution in [2.75, 3.05) is 13.7 Å². The van der Waals surface area contributed by atoms with Gasteiger partial charge in [-0.15, -0.1) is 0 Å². The predicted molar refractivity (Wildman–Crippen MR) is 109 cm³/mol. The second kappa shape index (κ2) is 9.52. The molecule has 1 heterocycles. The smallest absolute Gasteiger partial charge is 0.307 e. The molecule has 6 nitrogen and oxygen atoms in total. The third-order valence-corrected chi connectivity index (χ3v) is 5.24. The number of hydrogen-bond acceptors (Lipinski definition) is 5. The molecule has 0 atom stereocenters. The van der Waals surface area contributed by atoms with Crippen LogP contribution in [0.1, 0.15) is 12.8 Å². The van der Waals surface area contributed by atoms with Crippen LogP contribution in [0.4, 0.5) is 0 Å². The maximum Gasteiger partial charge on any atom is 0.307 e. The first-order valence-corrected chi connectivity index (χ1v) is 9.87. The highest BCUT2D eigenvalue weighted by Crippen LogP contribution is 2.22. The maximum atomic E-state index is 12.3. The summed E-state index contributed by atoms with van der Waals surface area (Å²) in [5.74, 6) is 0.0923. The number of carbonyl (C=O) groups excluding carboxylic acids is 2. The molecule has 0 unspecified atom stereocenters. The first-order valence-electron chi connectivity index (χ1n) is 8.68. The van der Waals surface area contributed by atoms with E-state index >= 15 is 0 Å². The van der Waals surface area contributed by atoms with Gasteiger partial charge >= 0.3 is 5.97 Å². The second-order valence-corrected chi connectivity index (χ2v) is 7.34. The number of hydrogen-bond donors (Lipinski definition) is 0. The van der Waals surface area contributed by atoms with Crippen LogP contribution in [0.5, 0.6) is 5.75 Å². The molecule has 2 aromatic carbocycles. The minimum absolute atomic E-state index is 0.154. The van der Waals surface area contributed by atoms with Gasteiger partial charge in [0.15, 0.2) is 4.80 Å². The van der Waals surface area contributed by atoms with E-state index in [4.69, 9.17) is 21.1 Å². The summed E-state index contributed by atoms with van der Waals surface area (Å²) in [4.78, 5) is 28.6. The first kappa shape index (κ1) is 20.1. The predicted octanol–water partition coefficient (Wildman–Crippen LogP) is 3.82. The molecule has 0 aliphatic heterocycles. The number of amides is 1.